The van der Waals surface area contributed by atoms with Crippen LogP contribution in [-0.2, 0) is 9.84 Å². The second kappa shape index (κ2) is 5.86. The normalized spacial score (nSPS) is 19.1. The zero-order valence-electron chi connectivity index (χ0n) is 12.7. The molecule has 3 nitrogen and oxygen atoms in total. The molecule has 20 heavy (non-hydrogen) atoms. The smallest absolute Gasteiger partial charge is 0.181 e. The van der Waals surface area contributed by atoms with E-state index in [1.54, 1.807) is 24.3 Å². The molecule has 4 heteroatoms. The van der Waals surface area contributed by atoms with Crippen molar-refractivity contribution in [3.05, 3.63) is 30.3 Å². The molecule has 1 aromatic rings. The first-order valence-corrected chi connectivity index (χ1v) is 8.85. The molecule has 0 saturated carbocycles. The number of likely N-dealkylation sites (tertiary alicyclic amines) is 1. The Balaban J connectivity index is 2.01. The fourth-order valence-corrected chi connectivity index (χ4v) is 4.60. The maximum Gasteiger partial charge on any atom is 0.181 e. The molecule has 0 unspecified atom stereocenters. The Morgan fingerprint density at radius 3 is 2.15 bits per heavy atom. The summed E-state index contributed by atoms with van der Waals surface area (Å²) in [5, 5.41) is -0.221. The van der Waals surface area contributed by atoms with Gasteiger partial charge in [-0.15, -0.1) is 0 Å². The second-order valence-electron chi connectivity index (χ2n) is 6.89. The summed E-state index contributed by atoms with van der Waals surface area (Å²) >= 11 is 0. The Morgan fingerprint density at radius 1 is 1.10 bits per heavy atom. The van der Waals surface area contributed by atoms with Gasteiger partial charge in [0, 0.05) is 6.54 Å². The van der Waals surface area contributed by atoms with Gasteiger partial charge in [-0.2, -0.15) is 0 Å². The van der Waals surface area contributed by atoms with Gasteiger partial charge in [0.15, 0.2) is 9.84 Å². The number of piperidine rings is 1. The first-order valence-electron chi connectivity index (χ1n) is 7.30. The van der Waals surface area contributed by atoms with Crippen molar-refractivity contribution in [2.45, 2.75) is 43.8 Å². The zero-order valence-corrected chi connectivity index (χ0v) is 13.5. The Labute approximate surface area is 122 Å². The zero-order chi connectivity index (χ0) is 14.8. The van der Waals surface area contributed by atoms with Gasteiger partial charge in [-0.05, 0) is 43.5 Å². The molecule has 0 atom stereocenters. The van der Waals surface area contributed by atoms with Gasteiger partial charge in [0.05, 0.1) is 10.1 Å². The van der Waals surface area contributed by atoms with Crippen molar-refractivity contribution < 1.29 is 8.42 Å². The van der Waals surface area contributed by atoms with E-state index in [-0.39, 0.29) is 10.7 Å². The van der Waals surface area contributed by atoms with Crippen molar-refractivity contribution in [3.8, 4) is 0 Å². The summed E-state index contributed by atoms with van der Waals surface area (Å²) in [6, 6.07) is 8.85. The van der Waals surface area contributed by atoms with E-state index >= 15 is 0 Å². The molecule has 0 spiro atoms. The van der Waals surface area contributed by atoms with Crippen LogP contribution in [0.5, 0.6) is 0 Å². The Kier molecular flexibility index (Phi) is 4.55. The molecule has 2 rings (SSSR count). The number of benzene rings is 1. The van der Waals surface area contributed by atoms with E-state index in [0.717, 1.165) is 32.5 Å². The standard InChI is InChI=1S/C16H25NO2S/c1-16(2,3)13-17-11-9-15(10-12-17)20(18,19)14-7-5-4-6-8-14/h4-8,15H,9-13H2,1-3H3. The number of nitrogens with zero attached hydrogens (tertiary/aromatic N) is 1. The molecule has 0 radical (unpaired) electrons. The van der Waals surface area contributed by atoms with Crippen LogP contribution in [0, 0.1) is 5.41 Å². The predicted molar refractivity (Wildman–Crippen MR) is 82.5 cm³/mol. The molecule has 0 N–H and O–H groups in total. The molecule has 1 aliphatic rings. The fraction of sp³-hybridized carbons (Fsp3) is 0.625. The molecular weight excluding hydrogens is 270 g/mol. The minimum atomic E-state index is -3.16. The molecule has 1 fully saturated rings. The van der Waals surface area contributed by atoms with Gasteiger partial charge >= 0.3 is 0 Å². The van der Waals surface area contributed by atoms with Gasteiger partial charge < -0.3 is 4.90 Å². The SMILES string of the molecule is CC(C)(C)CN1CCC(S(=O)(=O)c2ccccc2)CC1. The van der Waals surface area contributed by atoms with Crippen LogP contribution in [0.2, 0.25) is 0 Å². The van der Waals surface area contributed by atoms with Gasteiger partial charge in [0.1, 0.15) is 0 Å². The van der Waals surface area contributed by atoms with Crippen molar-refractivity contribution in [2.75, 3.05) is 19.6 Å². The van der Waals surface area contributed by atoms with E-state index in [1.165, 1.54) is 0 Å². The molecule has 0 bridgehead atoms. The lowest BCUT2D eigenvalue weighted by molar-refractivity contribution is 0.165. The van der Waals surface area contributed by atoms with Crippen LogP contribution < -0.4 is 0 Å². The Bertz CT molecular complexity index is 523. The average Bonchev–Trinajstić information content (AvgIpc) is 2.38. The van der Waals surface area contributed by atoms with Crippen molar-refractivity contribution in [1.29, 1.82) is 0 Å². The van der Waals surface area contributed by atoms with Crippen LogP contribution in [0.4, 0.5) is 0 Å². The molecule has 0 amide bonds. The van der Waals surface area contributed by atoms with E-state index in [1.807, 2.05) is 6.07 Å². The highest BCUT2D eigenvalue weighted by Crippen LogP contribution is 2.26. The quantitative estimate of drug-likeness (QED) is 0.860. The maximum atomic E-state index is 12.6. The van der Waals surface area contributed by atoms with Crippen molar-refractivity contribution in [2.24, 2.45) is 5.41 Å². The largest absolute Gasteiger partial charge is 0.303 e. The highest BCUT2D eigenvalue weighted by Gasteiger charge is 2.32. The van der Waals surface area contributed by atoms with E-state index in [9.17, 15) is 8.42 Å². The summed E-state index contributed by atoms with van der Waals surface area (Å²) in [5.74, 6) is 0. The van der Waals surface area contributed by atoms with Crippen LogP contribution >= 0.6 is 0 Å². The molecule has 1 aliphatic heterocycles. The number of sulfone groups is 1. The Morgan fingerprint density at radius 2 is 1.65 bits per heavy atom. The van der Waals surface area contributed by atoms with Crippen molar-refractivity contribution in [3.63, 3.8) is 0 Å². The number of rotatable bonds is 3. The lowest BCUT2D eigenvalue weighted by atomic mass is 9.95. The topological polar surface area (TPSA) is 37.4 Å². The number of hydrogen-bond acceptors (Lipinski definition) is 3. The van der Waals surface area contributed by atoms with Gasteiger partial charge in [-0.1, -0.05) is 39.0 Å². The second-order valence-corrected chi connectivity index (χ2v) is 9.12. The monoisotopic (exact) mass is 295 g/mol. The predicted octanol–water partition coefficient (Wildman–Crippen LogP) is 2.97. The van der Waals surface area contributed by atoms with Gasteiger partial charge in [-0.25, -0.2) is 8.42 Å². The third-order valence-electron chi connectivity index (χ3n) is 3.74. The molecule has 0 aromatic heterocycles. The van der Waals surface area contributed by atoms with E-state index in [2.05, 4.69) is 25.7 Å². The molecule has 112 valence electrons. The molecule has 0 aliphatic carbocycles. The number of hydrogen-bond donors (Lipinski definition) is 0. The summed E-state index contributed by atoms with van der Waals surface area (Å²) in [6.07, 6.45) is 1.49. The molecular formula is C16H25NO2S. The van der Waals surface area contributed by atoms with Crippen LogP contribution in [0.1, 0.15) is 33.6 Å². The highest BCUT2D eigenvalue weighted by atomic mass is 32.2. The van der Waals surface area contributed by atoms with Crippen LogP contribution in [0.25, 0.3) is 0 Å². The summed E-state index contributed by atoms with van der Waals surface area (Å²) in [6.45, 7) is 9.46. The van der Waals surface area contributed by atoms with Crippen LogP contribution in [0.3, 0.4) is 0 Å². The van der Waals surface area contributed by atoms with E-state index in [4.69, 9.17) is 0 Å². The lowest BCUT2D eigenvalue weighted by Crippen LogP contribution is -2.42. The lowest BCUT2D eigenvalue weighted by Gasteiger charge is -2.35. The van der Waals surface area contributed by atoms with Crippen molar-refractivity contribution >= 4 is 9.84 Å². The van der Waals surface area contributed by atoms with Gasteiger partial charge in [0.25, 0.3) is 0 Å². The van der Waals surface area contributed by atoms with Gasteiger partial charge in [0.2, 0.25) is 0 Å². The summed E-state index contributed by atoms with van der Waals surface area (Å²) in [5.41, 5.74) is 0.269. The first kappa shape index (κ1) is 15.5. The van der Waals surface area contributed by atoms with Crippen LogP contribution in [-0.4, -0.2) is 38.2 Å². The Hall–Kier alpha value is -0.870. The van der Waals surface area contributed by atoms with Gasteiger partial charge in [-0.3, -0.25) is 0 Å². The van der Waals surface area contributed by atoms with E-state index in [0.29, 0.717) is 4.90 Å². The van der Waals surface area contributed by atoms with Crippen LogP contribution in [0.15, 0.2) is 35.2 Å². The minimum absolute atomic E-state index is 0.221. The molecule has 1 saturated heterocycles. The minimum Gasteiger partial charge on any atom is -0.303 e. The maximum absolute atomic E-state index is 12.6. The first-order chi connectivity index (χ1) is 9.29. The molecule has 1 aromatic carbocycles. The summed E-state index contributed by atoms with van der Waals surface area (Å²) in [7, 11) is -3.16. The van der Waals surface area contributed by atoms with E-state index < -0.39 is 9.84 Å². The third-order valence-corrected chi connectivity index (χ3v) is 6.02. The molecule has 1 heterocycles. The fourth-order valence-electron chi connectivity index (χ4n) is 2.85. The summed E-state index contributed by atoms with van der Waals surface area (Å²) in [4.78, 5) is 2.85. The summed E-state index contributed by atoms with van der Waals surface area (Å²) < 4.78 is 25.1. The van der Waals surface area contributed by atoms with Crippen molar-refractivity contribution in [1.82, 2.24) is 4.90 Å². The average molecular weight is 295 g/mol. The highest BCUT2D eigenvalue weighted by molar-refractivity contribution is 7.92. The third kappa shape index (κ3) is 3.83.